The minimum absolute atomic E-state index is 0.0747. The van der Waals surface area contributed by atoms with E-state index < -0.39 is 35.4 Å². The van der Waals surface area contributed by atoms with Crippen molar-refractivity contribution in [3.05, 3.63) is 245 Å². The molecule has 8 aromatic rings. The molecule has 15 nitrogen and oxygen atoms in total. The van der Waals surface area contributed by atoms with Gasteiger partial charge in [0.2, 0.25) is 0 Å². The molecule has 0 bridgehead atoms. The quantitative estimate of drug-likeness (QED) is 0.0495. The van der Waals surface area contributed by atoms with Gasteiger partial charge in [0.1, 0.15) is 0 Å². The van der Waals surface area contributed by atoms with Gasteiger partial charge in [-0.2, -0.15) is 20.5 Å². The van der Waals surface area contributed by atoms with Crippen LogP contribution in [0.5, 0.6) is 0 Å². The highest BCUT2D eigenvalue weighted by molar-refractivity contribution is 6.36. The third kappa shape index (κ3) is 9.52. The van der Waals surface area contributed by atoms with E-state index in [0.29, 0.717) is 51.1 Å². The first-order chi connectivity index (χ1) is 35.1. The van der Waals surface area contributed by atoms with Gasteiger partial charge in [0.05, 0.1) is 56.4 Å². The number of benzene rings is 8. The average molecular weight is 945 g/mol. The first kappa shape index (κ1) is 45.4. The normalized spacial score (nSPS) is 13.1. The van der Waals surface area contributed by atoms with Crippen molar-refractivity contribution in [1.29, 1.82) is 0 Å². The Morgan fingerprint density at radius 1 is 0.375 bits per heavy atom. The largest absolute Gasteiger partial charge is 0.322 e. The van der Waals surface area contributed by atoms with E-state index in [9.17, 15) is 33.6 Å². The van der Waals surface area contributed by atoms with Crippen molar-refractivity contribution in [3.63, 3.8) is 0 Å². The predicted octanol–water partition coefficient (Wildman–Crippen LogP) is 12.5. The highest BCUT2D eigenvalue weighted by Crippen LogP contribution is 2.33. The van der Waals surface area contributed by atoms with E-state index >= 15 is 0 Å². The zero-order valence-electron chi connectivity index (χ0n) is 37.7. The molecule has 0 atom stereocenters. The van der Waals surface area contributed by atoms with Crippen LogP contribution < -0.4 is 20.4 Å². The van der Waals surface area contributed by atoms with Crippen LogP contribution in [0, 0.1) is 0 Å². The number of amides is 6. The molecule has 8 aromatic carbocycles. The molecular weight excluding hydrogens is 909 g/mol. The molecule has 346 valence electrons. The standard InChI is InChI=1S/C57H36N8O7/c66-51(36-10-8-16-44(32-36)59-53(68)38-19-29-48-50(34-38)57(72)65(55(48)70)46-26-22-42(23-27-46)63-61-40-13-5-2-6-14-40)30-17-35-9-7-15-43(31-35)58-52(67)37-18-28-47-49(33-37)56(71)64(54(47)69)45-24-20-41(21-25-45)62-60-39-11-3-1-4-12-39/h1-34H,(H,58,67)(H,59,68)/b30-17+,62-60?,63-61?. The second-order valence-electron chi connectivity index (χ2n) is 16.3. The molecule has 0 unspecified atom stereocenters. The summed E-state index contributed by atoms with van der Waals surface area (Å²) in [7, 11) is 0. The van der Waals surface area contributed by atoms with E-state index in [-0.39, 0.29) is 44.7 Å². The number of nitrogens with one attached hydrogen (secondary N) is 2. The maximum atomic E-state index is 13.5. The molecule has 0 saturated carbocycles. The van der Waals surface area contributed by atoms with Crippen molar-refractivity contribution in [1.82, 2.24) is 0 Å². The monoisotopic (exact) mass is 944 g/mol. The van der Waals surface area contributed by atoms with Crippen molar-refractivity contribution in [3.8, 4) is 0 Å². The van der Waals surface area contributed by atoms with E-state index in [4.69, 9.17) is 0 Å². The second kappa shape index (κ2) is 19.7. The summed E-state index contributed by atoms with van der Waals surface area (Å²) in [5, 5.41) is 22.4. The van der Waals surface area contributed by atoms with Crippen molar-refractivity contribution in [2.45, 2.75) is 0 Å². The molecule has 0 aliphatic carbocycles. The summed E-state index contributed by atoms with van der Waals surface area (Å²) >= 11 is 0. The Bertz CT molecular complexity index is 3610. The molecule has 0 aromatic heterocycles. The number of imide groups is 2. The summed E-state index contributed by atoms with van der Waals surface area (Å²) in [6.07, 6.45) is 2.93. The van der Waals surface area contributed by atoms with Crippen molar-refractivity contribution >= 4 is 92.8 Å². The highest BCUT2D eigenvalue weighted by atomic mass is 16.2. The van der Waals surface area contributed by atoms with Gasteiger partial charge >= 0.3 is 0 Å². The number of nitrogens with zero attached hydrogens (tertiary/aromatic N) is 6. The van der Waals surface area contributed by atoms with Crippen LogP contribution in [0.1, 0.15) is 78.1 Å². The minimum Gasteiger partial charge on any atom is -0.322 e. The summed E-state index contributed by atoms with van der Waals surface area (Å²) in [6, 6.07) is 53.1. The van der Waals surface area contributed by atoms with Crippen LogP contribution in [-0.2, 0) is 0 Å². The third-order valence-corrected chi connectivity index (χ3v) is 11.6. The highest BCUT2D eigenvalue weighted by Gasteiger charge is 2.38. The summed E-state index contributed by atoms with van der Waals surface area (Å²) in [6.45, 7) is 0. The van der Waals surface area contributed by atoms with Crippen molar-refractivity contribution < 1.29 is 33.6 Å². The summed E-state index contributed by atoms with van der Waals surface area (Å²) in [5.41, 5.74) is 5.47. The molecule has 15 heteroatoms. The molecule has 0 radical (unpaired) electrons. The number of anilines is 4. The third-order valence-electron chi connectivity index (χ3n) is 11.6. The fourth-order valence-corrected chi connectivity index (χ4v) is 7.94. The lowest BCUT2D eigenvalue weighted by molar-refractivity contribution is 0.0910. The smallest absolute Gasteiger partial charge is 0.266 e. The van der Waals surface area contributed by atoms with Gasteiger partial charge in [-0.25, -0.2) is 9.80 Å². The maximum absolute atomic E-state index is 13.5. The molecule has 2 aliphatic rings. The van der Waals surface area contributed by atoms with Crippen LogP contribution in [0.15, 0.2) is 221 Å². The molecule has 0 spiro atoms. The van der Waals surface area contributed by atoms with Crippen LogP contribution in [-0.4, -0.2) is 41.2 Å². The van der Waals surface area contributed by atoms with Crippen molar-refractivity contribution in [2.24, 2.45) is 20.5 Å². The molecule has 2 N–H and O–H groups in total. The molecule has 2 heterocycles. The molecular formula is C57H36N8O7. The number of allylic oxidation sites excluding steroid dienone is 1. The summed E-state index contributed by atoms with van der Waals surface area (Å²) in [5.74, 6) is -3.65. The number of carbonyl (C=O) groups is 7. The predicted molar refractivity (Wildman–Crippen MR) is 271 cm³/mol. The zero-order valence-corrected chi connectivity index (χ0v) is 37.7. The Hall–Kier alpha value is -10.4. The topological polar surface area (TPSA) is 199 Å². The van der Waals surface area contributed by atoms with E-state index in [0.717, 1.165) is 9.80 Å². The molecule has 0 fully saturated rings. The number of ketones is 1. The number of azo groups is 2. The van der Waals surface area contributed by atoms with Gasteiger partial charge in [0.15, 0.2) is 5.78 Å². The number of fused-ring (bicyclic) bond motifs is 2. The number of hydrogen-bond acceptors (Lipinski definition) is 11. The molecule has 6 amide bonds. The Kier molecular flexibility index (Phi) is 12.4. The van der Waals surface area contributed by atoms with Gasteiger partial charge in [0.25, 0.3) is 35.4 Å². The SMILES string of the molecule is O=C(/C=C/c1cccc(NC(=O)c2ccc3c(c2)C(=O)N(c2ccc(N=Nc4ccccc4)cc2)C3=O)c1)c1cccc(NC(=O)c2ccc3c(c2)C(=O)N(c2ccc(N=Nc4ccccc4)cc2)C3=O)c1. The van der Waals surface area contributed by atoms with Crippen molar-refractivity contribution in [2.75, 3.05) is 20.4 Å². The molecule has 10 rings (SSSR count). The molecule has 0 saturated heterocycles. The van der Waals surface area contributed by atoms with Gasteiger partial charge in [0, 0.05) is 28.1 Å². The van der Waals surface area contributed by atoms with Crippen LogP contribution in [0.25, 0.3) is 6.08 Å². The molecule has 72 heavy (non-hydrogen) atoms. The number of rotatable bonds is 13. The minimum atomic E-state index is -0.582. The van der Waals surface area contributed by atoms with E-state index in [1.54, 1.807) is 97.1 Å². The lowest BCUT2D eigenvalue weighted by Gasteiger charge is -2.13. The number of hydrogen-bond donors (Lipinski definition) is 2. The fourth-order valence-electron chi connectivity index (χ4n) is 7.94. The Balaban J connectivity index is 0.748. The zero-order chi connectivity index (χ0) is 49.7. The van der Waals surface area contributed by atoms with Crippen LogP contribution >= 0.6 is 0 Å². The first-order valence-electron chi connectivity index (χ1n) is 22.3. The Morgan fingerprint density at radius 2 is 0.792 bits per heavy atom. The Morgan fingerprint density at radius 3 is 1.26 bits per heavy atom. The Labute approximate surface area is 410 Å². The lowest BCUT2D eigenvalue weighted by atomic mass is 10.0. The van der Waals surface area contributed by atoms with E-state index in [1.165, 1.54) is 48.5 Å². The van der Waals surface area contributed by atoms with Gasteiger partial charge in [-0.1, -0.05) is 66.7 Å². The fraction of sp³-hybridized carbons (Fsp3) is 0. The van der Waals surface area contributed by atoms with Gasteiger partial charge in [-0.15, -0.1) is 0 Å². The van der Waals surface area contributed by atoms with Crippen LogP contribution in [0.3, 0.4) is 0 Å². The van der Waals surface area contributed by atoms with Gasteiger partial charge in [-0.05, 0) is 145 Å². The lowest BCUT2D eigenvalue weighted by Crippen LogP contribution is -2.29. The van der Waals surface area contributed by atoms with Gasteiger partial charge in [-0.3, -0.25) is 33.6 Å². The van der Waals surface area contributed by atoms with E-state index in [2.05, 4.69) is 31.1 Å². The first-order valence-corrected chi connectivity index (χ1v) is 22.3. The van der Waals surface area contributed by atoms with Crippen LogP contribution in [0.4, 0.5) is 45.5 Å². The van der Waals surface area contributed by atoms with E-state index in [1.807, 2.05) is 60.7 Å². The second-order valence-corrected chi connectivity index (χ2v) is 16.3. The summed E-state index contributed by atoms with van der Waals surface area (Å²) < 4.78 is 0. The number of carbonyl (C=O) groups excluding carboxylic acids is 7. The maximum Gasteiger partial charge on any atom is 0.266 e. The average Bonchev–Trinajstić information content (AvgIpc) is 3.82. The van der Waals surface area contributed by atoms with Gasteiger partial charge < -0.3 is 10.6 Å². The van der Waals surface area contributed by atoms with Crippen LogP contribution in [0.2, 0.25) is 0 Å². The summed E-state index contributed by atoms with van der Waals surface area (Å²) in [4.78, 5) is 96.1. The molecule has 2 aliphatic heterocycles.